The van der Waals surface area contributed by atoms with Gasteiger partial charge in [-0.25, -0.2) is 0 Å². The van der Waals surface area contributed by atoms with Crippen molar-refractivity contribution in [2.75, 3.05) is 0 Å². The third kappa shape index (κ3) is 4.95. The highest BCUT2D eigenvalue weighted by atomic mass is 19.4. The van der Waals surface area contributed by atoms with Gasteiger partial charge in [-0.05, 0) is 30.2 Å². The lowest BCUT2D eigenvalue weighted by molar-refractivity contribution is -0.274. The lowest BCUT2D eigenvalue weighted by Gasteiger charge is -2.31. The number of aliphatic hydroxyl groups is 1. The summed E-state index contributed by atoms with van der Waals surface area (Å²) in [5.74, 6) is -0.682. The molecule has 0 saturated carbocycles. The number of aryl methyl sites for hydroxylation is 1. The smallest absolute Gasteiger partial charge is 0.406 e. The van der Waals surface area contributed by atoms with Crippen LogP contribution in [0.4, 0.5) is 26.3 Å². The van der Waals surface area contributed by atoms with Crippen LogP contribution in [0.25, 0.3) is 0 Å². The van der Waals surface area contributed by atoms with Gasteiger partial charge in [0, 0.05) is 6.42 Å². The van der Waals surface area contributed by atoms with Crippen molar-refractivity contribution in [1.82, 2.24) is 0 Å². The number of nitrogens with zero attached hydrogens (tertiary/aromatic N) is 1. The first-order valence-electron chi connectivity index (χ1n) is 7.97. The quantitative estimate of drug-likeness (QED) is 0.714. The molecule has 0 aliphatic carbocycles. The van der Waals surface area contributed by atoms with Crippen LogP contribution in [0.2, 0.25) is 0 Å². The van der Waals surface area contributed by atoms with Crippen LogP contribution < -0.4 is 4.74 Å². The van der Waals surface area contributed by atoms with Crippen LogP contribution in [0.5, 0.6) is 5.75 Å². The van der Waals surface area contributed by atoms with Gasteiger partial charge in [0.15, 0.2) is 6.10 Å². The SMILES string of the molecule is Cc1cccc(C(C#N)(C[C@H](O)C(F)(F)F)c2cccc(OC(F)(F)F)c2)c1. The number of aliphatic hydroxyl groups excluding tert-OH is 1. The predicted molar refractivity (Wildman–Crippen MR) is 87.4 cm³/mol. The molecule has 0 fully saturated rings. The van der Waals surface area contributed by atoms with Crippen LogP contribution in [-0.2, 0) is 5.41 Å². The Balaban J connectivity index is 2.65. The minimum atomic E-state index is -5.01. The van der Waals surface area contributed by atoms with Crippen molar-refractivity contribution in [3.63, 3.8) is 0 Å². The Kier molecular flexibility index (Phi) is 5.94. The van der Waals surface area contributed by atoms with Crippen LogP contribution in [0, 0.1) is 18.3 Å². The lowest BCUT2D eigenvalue weighted by Crippen LogP contribution is -2.38. The molecular formula is C19H15F6NO2. The molecule has 28 heavy (non-hydrogen) atoms. The van der Waals surface area contributed by atoms with Gasteiger partial charge >= 0.3 is 12.5 Å². The van der Waals surface area contributed by atoms with E-state index in [1.54, 1.807) is 19.1 Å². The van der Waals surface area contributed by atoms with Crippen LogP contribution >= 0.6 is 0 Å². The number of rotatable bonds is 5. The van der Waals surface area contributed by atoms with Crippen molar-refractivity contribution in [2.24, 2.45) is 0 Å². The van der Waals surface area contributed by atoms with E-state index in [0.29, 0.717) is 5.56 Å². The van der Waals surface area contributed by atoms with Crippen LogP contribution in [0.15, 0.2) is 48.5 Å². The van der Waals surface area contributed by atoms with Gasteiger partial charge in [0.1, 0.15) is 11.2 Å². The molecule has 0 aromatic heterocycles. The normalized spacial score (nSPS) is 15.4. The number of benzene rings is 2. The molecule has 2 atom stereocenters. The van der Waals surface area contributed by atoms with Gasteiger partial charge in [-0.3, -0.25) is 0 Å². The fraction of sp³-hybridized carbons (Fsp3) is 0.316. The fourth-order valence-corrected chi connectivity index (χ4v) is 2.85. The van der Waals surface area contributed by atoms with E-state index >= 15 is 0 Å². The largest absolute Gasteiger partial charge is 0.573 e. The molecule has 9 heteroatoms. The molecule has 2 aromatic carbocycles. The zero-order valence-electron chi connectivity index (χ0n) is 14.5. The Morgan fingerprint density at radius 1 is 1.00 bits per heavy atom. The Morgan fingerprint density at radius 2 is 1.57 bits per heavy atom. The van der Waals surface area contributed by atoms with E-state index < -0.39 is 36.2 Å². The van der Waals surface area contributed by atoms with E-state index in [4.69, 9.17) is 0 Å². The highest BCUT2D eigenvalue weighted by Gasteiger charge is 2.46. The summed E-state index contributed by atoms with van der Waals surface area (Å²) in [6, 6.07) is 11.9. The van der Waals surface area contributed by atoms with E-state index in [2.05, 4.69) is 4.74 Å². The molecule has 3 nitrogen and oxygen atoms in total. The number of alkyl halides is 6. The molecule has 2 rings (SSSR count). The van der Waals surface area contributed by atoms with Gasteiger partial charge < -0.3 is 9.84 Å². The van der Waals surface area contributed by atoms with Crippen molar-refractivity contribution in [1.29, 1.82) is 5.26 Å². The molecule has 0 radical (unpaired) electrons. The Hall–Kier alpha value is -2.73. The topological polar surface area (TPSA) is 53.2 Å². The van der Waals surface area contributed by atoms with E-state index in [0.717, 1.165) is 18.2 Å². The zero-order valence-corrected chi connectivity index (χ0v) is 14.5. The maximum absolute atomic E-state index is 13.0. The second kappa shape index (κ2) is 7.72. The molecule has 2 aromatic rings. The number of nitriles is 1. The van der Waals surface area contributed by atoms with Crippen LogP contribution in [-0.4, -0.2) is 23.7 Å². The minimum absolute atomic E-state index is 0.113. The summed E-state index contributed by atoms with van der Waals surface area (Å²) in [5, 5.41) is 19.4. The van der Waals surface area contributed by atoms with Gasteiger partial charge in [-0.2, -0.15) is 18.4 Å². The Labute approximate surface area is 156 Å². The van der Waals surface area contributed by atoms with Gasteiger partial charge in [0.25, 0.3) is 0 Å². The highest BCUT2D eigenvalue weighted by Crippen LogP contribution is 2.41. The monoisotopic (exact) mass is 403 g/mol. The van der Waals surface area contributed by atoms with Gasteiger partial charge in [-0.1, -0.05) is 42.0 Å². The fourth-order valence-electron chi connectivity index (χ4n) is 2.85. The molecule has 0 aliphatic rings. The molecule has 0 aliphatic heterocycles. The first kappa shape index (κ1) is 21.6. The molecule has 0 amide bonds. The molecule has 150 valence electrons. The molecule has 0 saturated heterocycles. The third-order valence-electron chi connectivity index (χ3n) is 4.14. The second-order valence-corrected chi connectivity index (χ2v) is 6.22. The van der Waals surface area contributed by atoms with Crippen molar-refractivity contribution in [3.8, 4) is 11.8 Å². The maximum Gasteiger partial charge on any atom is 0.573 e. The minimum Gasteiger partial charge on any atom is -0.406 e. The maximum atomic E-state index is 13.0. The van der Waals surface area contributed by atoms with Crippen molar-refractivity contribution in [2.45, 2.75) is 37.4 Å². The van der Waals surface area contributed by atoms with Gasteiger partial charge in [0.05, 0.1) is 6.07 Å². The second-order valence-electron chi connectivity index (χ2n) is 6.22. The average Bonchev–Trinajstić information content (AvgIpc) is 2.57. The van der Waals surface area contributed by atoms with Crippen LogP contribution in [0.1, 0.15) is 23.1 Å². The lowest BCUT2D eigenvalue weighted by atomic mass is 9.71. The molecular weight excluding hydrogens is 388 g/mol. The van der Waals surface area contributed by atoms with Crippen molar-refractivity contribution < 1.29 is 36.2 Å². The Morgan fingerprint density at radius 3 is 2.07 bits per heavy atom. The average molecular weight is 403 g/mol. The number of hydrogen-bond donors (Lipinski definition) is 1. The Bertz CT molecular complexity index is 872. The molecule has 1 N–H and O–H groups in total. The predicted octanol–water partition coefficient (Wildman–Crippen LogP) is 5.02. The molecule has 0 spiro atoms. The molecule has 0 heterocycles. The summed E-state index contributed by atoms with van der Waals surface area (Å²) in [4.78, 5) is 0. The summed E-state index contributed by atoms with van der Waals surface area (Å²) in [7, 11) is 0. The number of hydrogen-bond acceptors (Lipinski definition) is 3. The first-order chi connectivity index (χ1) is 12.9. The summed E-state index contributed by atoms with van der Waals surface area (Å²) in [6.45, 7) is 1.65. The first-order valence-corrected chi connectivity index (χ1v) is 7.97. The molecule has 0 bridgehead atoms. The summed E-state index contributed by atoms with van der Waals surface area (Å²) >= 11 is 0. The van der Waals surface area contributed by atoms with E-state index in [1.807, 2.05) is 0 Å². The van der Waals surface area contributed by atoms with Crippen molar-refractivity contribution in [3.05, 3.63) is 65.2 Å². The summed E-state index contributed by atoms with van der Waals surface area (Å²) < 4.78 is 80.4. The highest BCUT2D eigenvalue weighted by molar-refractivity contribution is 5.49. The zero-order chi connectivity index (χ0) is 21.2. The van der Waals surface area contributed by atoms with E-state index in [9.17, 15) is 36.7 Å². The summed E-state index contributed by atoms with van der Waals surface area (Å²) in [6.07, 6.45) is -14.0. The van der Waals surface area contributed by atoms with Gasteiger partial charge in [0.2, 0.25) is 0 Å². The standard InChI is InChI=1S/C19H15F6NO2/c1-12-4-2-5-13(8-12)17(11-26,10-16(27)18(20,21)22)14-6-3-7-15(9-14)28-19(23,24)25/h2-9,16,27H,10H2,1H3/t16-,17?/m0/s1. The number of ether oxygens (including phenoxy) is 1. The number of halogens is 6. The summed E-state index contributed by atoms with van der Waals surface area (Å²) in [5.41, 5.74) is -1.47. The van der Waals surface area contributed by atoms with E-state index in [1.165, 1.54) is 24.3 Å². The van der Waals surface area contributed by atoms with Gasteiger partial charge in [-0.15, -0.1) is 13.2 Å². The van der Waals surface area contributed by atoms with Crippen LogP contribution in [0.3, 0.4) is 0 Å². The third-order valence-corrected chi connectivity index (χ3v) is 4.14. The van der Waals surface area contributed by atoms with Crippen molar-refractivity contribution >= 4 is 0 Å². The van der Waals surface area contributed by atoms with E-state index in [-0.39, 0.29) is 11.1 Å². The molecule has 1 unspecified atom stereocenters.